The van der Waals surface area contributed by atoms with Crippen LogP contribution in [0.5, 0.6) is 0 Å². The smallest absolute Gasteiger partial charge is 0.105 e. The van der Waals surface area contributed by atoms with E-state index >= 15 is 0 Å². The summed E-state index contributed by atoms with van der Waals surface area (Å²) < 4.78 is 11.8. The molecule has 3 aliphatic rings. The van der Waals surface area contributed by atoms with Gasteiger partial charge >= 0.3 is 0 Å². The first-order valence-electron chi connectivity index (χ1n) is 8.46. The van der Waals surface area contributed by atoms with Gasteiger partial charge in [0.15, 0.2) is 0 Å². The molecule has 0 unspecified atom stereocenters. The van der Waals surface area contributed by atoms with Gasteiger partial charge in [-0.1, -0.05) is 20.8 Å². The fourth-order valence-corrected chi connectivity index (χ4v) is 3.60. The molecule has 1 N–H and O–H groups in total. The molecule has 0 aromatic rings. The van der Waals surface area contributed by atoms with Crippen molar-refractivity contribution in [1.82, 2.24) is 5.32 Å². The van der Waals surface area contributed by atoms with Crippen LogP contribution in [-0.4, -0.2) is 37.5 Å². The van der Waals surface area contributed by atoms with Gasteiger partial charge in [0.2, 0.25) is 0 Å². The van der Waals surface area contributed by atoms with Gasteiger partial charge in [-0.05, 0) is 49.9 Å². The van der Waals surface area contributed by atoms with Gasteiger partial charge < -0.3 is 14.8 Å². The Morgan fingerprint density at radius 3 is 2.20 bits per heavy atom. The normalized spacial score (nSPS) is 35.9. The van der Waals surface area contributed by atoms with Crippen molar-refractivity contribution < 1.29 is 9.47 Å². The van der Waals surface area contributed by atoms with E-state index in [2.05, 4.69) is 26.1 Å². The maximum atomic E-state index is 6.47. The Labute approximate surface area is 123 Å². The molecule has 0 radical (unpaired) electrons. The molecule has 3 fully saturated rings. The molecule has 1 aliphatic heterocycles. The molecular weight excluding hydrogens is 250 g/mol. The van der Waals surface area contributed by atoms with Crippen LogP contribution in [0.3, 0.4) is 0 Å². The average Bonchev–Trinajstić information content (AvgIpc) is 3.15. The molecule has 0 aromatic heterocycles. The van der Waals surface area contributed by atoms with Crippen molar-refractivity contribution in [2.45, 2.75) is 77.0 Å². The third-order valence-corrected chi connectivity index (χ3v) is 5.44. The van der Waals surface area contributed by atoms with Crippen LogP contribution >= 0.6 is 0 Å². The summed E-state index contributed by atoms with van der Waals surface area (Å²) in [5.41, 5.74) is 0.522. The fourth-order valence-electron chi connectivity index (χ4n) is 3.60. The second-order valence-electron chi connectivity index (χ2n) is 8.26. The van der Waals surface area contributed by atoms with Crippen molar-refractivity contribution in [2.75, 3.05) is 19.8 Å². The zero-order valence-corrected chi connectivity index (χ0v) is 13.4. The molecule has 0 atom stereocenters. The predicted octanol–water partition coefficient (Wildman–Crippen LogP) is 3.13. The lowest BCUT2D eigenvalue weighted by Gasteiger charge is -2.46. The standard InChI is InChI=1S/C17H31NO2/c1-16(2,3)13-6-8-17(9-7-13,12-18-14-4-5-14)20-15-10-19-11-15/h13-15,18H,4-12H2,1-3H3. The molecule has 116 valence electrons. The van der Waals surface area contributed by atoms with E-state index < -0.39 is 0 Å². The van der Waals surface area contributed by atoms with Crippen molar-refractivity contribution in [2.24, 2.45) is 11.3 Å². The number of rotatable bonds is 5. The van der Waals surface area contributed by atoms with Crippen LogP contribution in [0.1, 0.15) is 59.3 Å². The minimum absolute atomic E-state index is 0.0821. The summed E-state index contributed by atoms with van der Waals surface area (Å²) in [5.74, 6) is 0.845. The molecule has 3 rings (SSSR count). The summed E-state index contributed by atoms with van der Waals surface area (Å²) in [4.78, 5) is 0. The summed E-state index contributed by atoms with van der Waals surface area (Å²) in [5, 5.41) is 3.71. The van der Waals surface area contributed by atoms with Gasteiger partial charge in [-0.3, -0.25) is 0 Å². The second kappa shape index (κ2) is 5.58. The summed E-state index contributed by atoms with van der Waals surface area (Å²) in [6.45, 7) is 9.79. The minimum atomic E-state index is 0.0821. The predicted molar refractivity (Wildman–Crippen MR) is 80.9 cm³/mol. The third kappa shape index (κ3) is 3.55. The van der Waals surface area contributed by atoms with Gasteiger partial charge in [0, 0.05) is 12.6 Å². The highest BCUT2D eigenvalue weighted by Gasteiger charge is 2.42. The highest BCUT2D eigenvalue weighted by Crippen LogP contribution is 2.43. The van der Waals surface area contributed by atoms with Crippen LogP contribution in [0.25, 0.3) is 0 Å². The molecule has 0 amide bonds. The molecule has 3 nitrogen and oxygen atoms in total. The summed E-state index contributed by atoms with van der Waals surface area (Å²) >= 11 is 0. The molecule has 1 saturated heterocycles. The van der Waals surface area contributed by atoms with E-state index in [0.717, 1.165) is 31.7 Å². The molecule has 20 heavy (non-hydrogen) atoms. The number of hydrogen-bond donors (Lipinski definition) is 1. The first-order valence-corrected chi connectivity index (χ1v) is 8.46. The van der Waals surface area contributed by atoms with E-state index in [1.165, 1.54) is 38.5 Å². The summed E-state index contributed by atoms with van der Waals surface area (Å²) in [7, 11) is 0. The third-order valence-electron chi connectivity index (χ3n) is 5.44. The van der Waals surface area contributed by atoms with Crippen molar-refractivity contribution in [1.29, 1.82) is 0 Å². The highest BCUT2D eigenvalue weighted by atomic mass is 16.6. The molecule has 0 bridgehead atoms. The maximum absolute atomic E-state index is 6.47. The topological polar surface area (TPSA) is 30.5 Å². The van der Waals surface area contributed by atoms with E-state index in [-0.39, 0.29) is 5.60 Å². The van der Waals surface area contributed by atoms with Crippen molar-refractivity contribution in [3.05, 3.63) is 0 Å². The van der Waals surface area contributed by atoms with Crippen LogP contribution in [0.4, 0.5) is 0 Å². The first kappa shape index (κ1) is 14.8. The zero-order chi connectivity index (χ0) is 14.2. The zero-order valence-electron chi connectivity index (χ0n) is 13.4. The van der Waals surface area contributed by atoms with E-state index in [9.17, 15) is 0 Å². The Balaban J connectivity index is 1.57. The van der Waals surface area contributed by atoms with Gasteiger partial charge in [-0.2, -0.15) is 0 Å². The van der Waals surface area contributed by atoms with E-state index in [4.69, 9.17) is 9.47 Å². The van der Waals surface area contributed by atoms with Gasteiger partial charge in [0.05, 0.1) is 18.8 Å². The molecular formula is C17H31NO2. The van der Waals surface area contributed by atoms with Crippen LogP contribution in [0.15, 0.2) is 0 Å². The number of ether oxygens (including phenoxy) is 2. The van der Waals surface area contributed by atoms with Crippen LogP contribution in [0, 0.1) is 11.3 Å². The molecule has 2 saturated carbocycles. The Kier molecular flexibility index (Phi) is 4.13. The lowest BCUT2D eigenvalue weighted by atomic mass is 9.68. The lowest BCUT2D eigenvalue weighted by Crippen LogP contribution is -2.53. The summed E-state index contributed by atoms with van der Waals surface area (Å²) in [6.07, 6.45) is 8.10. The summed E-state index contributed by atoms with van der Waals surface area (Å²) in [6, 6.07) is 0.772. The molecule has 0 aromatic carbocycles. The molecule has 1 heterocycles. The van der Waals surface area contributed by atoms with E-state index in [0.29, 0.717) is 11.5 Å². The largest absolute Gasteiger partial charge is 0.376 e. The Morgan fingerprint density at radius 2 is 1.75 bits per heavy atom. The lowest BCUT2D eigenvalue weighted by molar-refractivity contribution is -0.204. The van der Waals surface area contributed by atoms with Crippen molar-refractivity contribution in [3.8, 4) is 0 Å². The van der Waals surface area contributed by atoms with Crippen LogP contribution < -0.4 is 5.32 Å². The van der Waals surface area contributed by atoms with E-state index in [1.54, 1.807) is 0 Å². The van der Waals surface area contributed by atoms with Crippen LogP contribution in [0.2, 0.25) is 0 Å². The van der Waals surface area contributed by atoms with Gasteiger partial charge in [-0.25, -0.2) is 0 Å². The second-order valence-corrected chi connectivity index (χ2v) is 8.26. The fraction of sp³-hybridized carbons (Fsp3) is 1.00. The van der Waals surface area contributed by atoms with E-state index in [1.807, 2.05) is 0 Å². The number of hydrogen-bond acceptors (Lipinski definition) is 3. The average molecular weight is 281 g/mol. The molecule has 2 aliphatic carbocycles. The molecule has 3 heteroatoms. The van der Waals surface area contributed by atoms with Crippen LogP contribution in [-0.2, 0) is 9.47 Å². The quantitative estimate of drug-likeness (QED) is 0.840. The minimum Gasteiger partial charge on any atom is -0.376 e. The first-order chi connectivity index (χ1) is 9.47. The monoisotopic (exact) mass is 281 g/mol. The van der Waals surface area contributed by atoms with Gasteiger partial charge in [0.1, 0.15) is 6.10 Å². The Morgan fingerprint density at radius 1 is 1.10 bits per heavy atom. The van der Waals surface area contributed by atoms with Gasteiger partial charge in [0.25, 0.3) is 0 Å². The van der Waals surface area contributed by atoms with Crippen molar-refractivity contribution in [3.63, 3.8) is 0 Å². The maximum Gasteiger partial charge on any atom is 0.105 e. The van der Waals surface area contributed by atoms with Gasteiger partial charge in [-0.15, -0.1) is 0 Å². The highest BCUT2D eigenvalue weighted by molar-refractivity contribution is 4.95. The Bertz CT molecular complexity index is 320. The SMILES string of the molecule is CC(C)(C)C1CCC(CNC2CC2)(OC2COC2)CC1. The number of nitrogens with one attached hydrogen (secondary N) is 1. The Hall–Kier alpha value is -0.120. The van der Waals surface area contributed by atoms with Crippen molar-refractivity contribution >= 4 is 0 Å². The molecule has 0 spiro atoms.